The quantitative estimate of drug-likeness (QED) is 0.174. The van der Waals surface area contributed by atoms with Crippen molar-refractivity contribution >= 4 is 44.7 Å². The van der Waals surface area contributed by atoms with E-state index in [0.29, 0.717) is 71.8 Å². The molecule has 13 heteroatoms. The molecule has 9 nitrogen and oxygen atoms in total. The second kappa shape index (κ2) is 12.2. The number of aryl methyl sites for hydroxylation is 3. The van der Waals surface area contributed by atoms with Gasteiger partial charge in [0.1, 0.15) is 29.1 Å². The highest BCUT2D eigenvalue weighted by Crippen LogP contribution is 2.51. The molecule has 3 aliphatic rings. The van der Waals surface area contributed by atoms with E-state index in [1.165, 1.54) is 23.5 Å². The van der Waals surface area contributed by atoms with Crippen molar-refractivity contribution < 1.29 is 18.0 Å². The van der Waals surface area contributed by atoms with E-state index in [0.717, 1.165) is 44.8 Å². The zero-order valence-electron chi connectivity index (χ0n) is 27.3. The number of halogens is 3. The molecule has 1 saturated heterocycles. The van der Waals surface area contributed by atoms with Crippen LogP contribution in [0, 0.1) is 29.9 Å². The fourth-order valence-corrected chi connectivity index (χ4v) is 9.22. The predicted molar refractivity (Wildman–Crippen MR) is 189 cm³/mol. The van der Waals surface area contributed by atoms with E-state index >= 15 is 4.39 Å². The van der Waals surface area contributed by atoms with Crippen LogP contribution in [0.4, 0.5) is 14.6 Å². The average molecular weight is 720 g/mol. The van der Waals surface area contributed by atoms with Crippen LogP contribution in [-0.4, -0.2) is 37.5 Å². The summed E-state index contributed by atoms with van der Waals surface area (Å²) in [4.78, 5) is 26.8. The maximum Gasteiger partial charge on any atom is 0.257 e. The number of aromatic nitrogens is 4. The van der Waals surface area contributed by atoms with Gasteiger partial charge in [-0.25, -0.2) is 13.8 Å². The number of pyridine rings is 2. The molecule has 2 atom stereocenters. The lowest BCUT2D eigenvalue weighted by Gasteiger charge is -2.16. The molecule has 4 aromatic heterocycles. The molecule has 0 saturated carbocycles. The number of benzene rings is 2. The second-order valence-electron chi connectivity index (χ2n) is 13.1. The number of nitrogens with one attached hydrogen (secondary N) is 1. The molecular weight excluding hydrogens is 692 g/mol. The molecule has 2 unspecified atom stereocenters. The van der Waals surface area contributed by atoms with Crippen LogP contribution in [0.1, 0.15) is 81.2 Å². The second-order valence-corrected chi connectivity index (χ2v) is 14.6. The average Bonchev–Trinajstić information content (AvgIpc) is 3.96. The Kier molecular flexibility index (Phi) is 7.59. The summed E-state index contributed by atoms with van der Waals surface area (Å²) in [6, 6.07) is 13.6. The van der Waals surface area contributed by atoms with E-state index in [1.54, 1.807) is 31.3 Å². The molecule has 9 rings (SSSR count). The van der Waals surface area contributed by atoms with Gasteiger partial charge in [-0.1, -0.05) is 23.7 Å². The summed E-state index contributed by atoms with van der Waals surface area (Å²) in [6.45, 7) is 2.38. The van der Waals surface area contributed by atoms with Crippen molar-refractivity contribution in [1.29, 1.82) is 5.26 Å². The van der Waals surface area contributed by atoms with Gasteiger partial charge in [0.15, 0.2) is 0 Å². The van der Waals surface area contributed by atoms with E-state index in [2.05, 4.69) is 15.5 Å². The zero-order valence-corrected chi connectivity index (χ0v) is 28.8. The third kappa shape index (κ3) is 5.17. The van der Waals surface area contributed by atoms with Gasteiger partial charge in [0, 0.05) is 30.1 Å². The molecular formula is C38H28ClF2N7O2S. The van der Waals surface area contributed by atoms with Gasteiger partial charge < -0.3 is 14.6 Å². The molecule has 254 valence electrons. The Morgan fingerprint density at radius 1 is 1.10 bits per heavy atom. The van der Waals surface area contributed by atoms with E-state index in [4.69, 9.17) is 26.0 Å². The van der Waals surface area contributed by atoms with Crippen LogP contribution in [0.5, 0.6) is 0 Å². The van der Waals surface area contributed by atoms with Crippen LogP contribution in [0.15, 0.2) is 53.1 Å². The highest BCUT2D eigenvalue weighted by atomic mass is 35.5. The summed E-state index contributed by atoms with van der Waals surface area (Å²) in [7, 11) is 0. The lowest BCUT2D eigenvalue weighted by Crippen LogP contribution is -2.22. The van der Waals surface area contributed by atoms with E-state index < -0.39 is 5.82 Å². The molecule has 0 bridgehead atoms. The Bertz CT molecular complexity index is 2460. The Morgan fingerprint density at radius 2 is 1.94 bits per heavy atom. The van der Waals surface area contributed by atoms with Crippen LogP contribution in [-0.2, 0) is 19.3 Å². The number of nitriles is 1. The highest BCUT2D eigenvalue weighted by Gasteiger charge is 2.45. The number of amides is 1. The first-order valence-corrected chi connectivity index (χ1v) is 18.0. The van der Waals surface area contributed by atoms with Crippen molar-refractivity contribution in [3.8, 4) is 28.0 Å². The van der Waals surface area contributed by atoms with Gasteiger partial charge in [0.25, 0.3) is 5.91 Å². The van der Waals surface area contributed by atoms with Crippen molar-refractivity contribution in [3.63, 3.8) is 0 Å². The van der Waals surface area contributed by atoms with Crippen molar-refractivity contribution in [1.82, 2.24) is 25.1 Å². The summed E-state index contributed by atoms with van der Waals surface area (Å²) in [6.07, 6.45) is 5.61. The molecule has 1 N–H and O–H groups in total. The summed E-state index contributed by atoms with van der Waals surface area (Å²) in [5, 5.41) is 22.5. The van der Waals surface area contributed by atoms with Crippen LogP contribution in [0.3, 0.4) is 0 Å². The Balaban J connectivity index is 1.19. The van der Waals surface area contributed by atoms with Gasteiger partial charge >= 0.3 is 0 Å². The first-order valence-electron chi connectivity index (χ1n) is 16.8. The van der Waals surface area contributed by atoms with E-state index in [9.17, 15) is 14.4 Å². The van der Waals surface area contributed by atoms with Gasteiger partial charge in [-0.15, -0.1) is 21.5 Å². The van der Waals surface area contributed by atoms with Crippen LogP contribution in [0.2, 0.25) is 5.02 Å². The number of carbonyl (C=O) groups is 1. The monoisotopic (exact) mass is 719 g/mol. The summed E-state index contributed by atoms with van der Waals surface area (Å²) in [5.41, 5.74) is 5.37. The normalized spacial score (nSPS) is 17.5. The number of fused-ring (bicyclic) bond motifs is 5. The topological polar surface area (TPSA) is 121 Å². The van der Waals surface area contributed by atoms with Crippen LogP contribution >= 0.6 is 22.9 Å². The molecule has 2 aromatic carbocycles. The minimum atomic E-state index is -0.565. The predicted octanol–water partition coefficient (Wildman–Crippen LogP) is 8.70. The number of rotatable bonds is 7. The largest absolute Gasteiger partial charge is 0.421 e. The molecule has 6 aromatic rings. The first-order chi connectivity index (χ1) is 24.8. The van der Waals surface area contributed by atoms with Crippen LogP contribution < -0.4 is 5.32 Å². The minimum absolute atomic E-state index is 0.0651. The number of hydrogen-bond donors (Lipinski definition) is 1. The Hall–Kier alpha value is -5.25. The highest BCUT2D eigenvalue weighted by molar-refractivity contribution is 7.23. The zero-order chi connectivity index (χ0) is 35.0. The van der Waals surface area contributed by atoms with Gasteiger partial charge in [0.05, 0.1) is 44.3 Å². The van der Waals surface area contributed by atoms with Crippen molar-refractivity contribution in [3.05, 3.63) is 110 Å². The van der Waals surface area contributed by atoms with Gasteiger partial charge in [-0.3, -0.25) is 9.78 Å². The number of hydrogen-bond acceptors (Lipinski definition) is 9. The van der Waals surface area contributed by atoms with Crippen molar-refractivity contribution in [2.45, 2.75) is 57.5 Å². The Labute approximate surface area is 299 Å². The molecule has 1 fully saturated rings. The summed E-state index contributed by atoms with van der Waals surface area (Å²) >= 11 is 7.80. The standard InChI is InChI=1S/C38H28ClF2N7O2S/c1-18-46-47-37(50-18)30-27(10-6-19-4-7-21(40)8-5-19)44-34-28-3-2-14-48(28)38(49)32(34)31(30)29-15-20-12-13-43-36(35(20)51-29)45-26-11-9-22-23(26)16-25(39)24(17-42)33(22)41/h4-5,7-8,12-13,15-16,26,28H,2-3,6,9-11,14H2,1H3,(H,43,45). The number of carbonyl (C=O) groups excluding carboxylic acids is 1. The lowest BCUT2D eigenvalue weighted by molar-refractivity contribution is 0.0776. The molecule has 0 spiro atoms. The maximum atomic E-state index is 15.2. The number of thiophene rings is 1. The maximum absolute atomic E-state index is 15.2. The molecule has 6 heterocycles. The van der Waals surface area contributed by atoms with Crippen molar-refractivity contribution in [2.24, 2.45) is 0 Å². The molecule has 1 amide bonds. The van der Waals surface area contributed by atoms with Gasteiger partial charge in [-0.05, 0) is 90.9 Å². The van der Waals surface area contributed by atoms with Crippen molar-refractivity contribution in [2.75, 3.05) is 11.9 Å². The minimum Gasteiger partial charge on any atom is -0.421 e. The molecule has 1 aliphatic carbocycles. The van der Waals surface area contributed by atoms with Gasteiger partial charge in [0.2, 0.25) is 11.8 Å². The SMILES string of the molecule is Cc1nnc(-c2c(CCc3ccc(F)cc3)nc3c(c2-c2cc4ccnc(NC5CCc6c5cc(Cl)c(C#N)c6F)c4s2)C(=O)N2CCCC32)o1. The third-order valence-corrected chi connectivity index (χ3v) is 11.6. The van der Waals surface area contributed by atoms with Crippen LogP contribution in [0.25, 0.3) is 32.0 Å². The van der Waals surface area contributed by atoms with Gasteiger partial charge in [-0.2, -0.15) is 5.26 Å². The first kappa shape index (κ1) is 31.7. The van der Waals surface area contributed by atoms with E-state index in [1.807, 2.05) is 23.1 Å². The third-order valence-electron chi connectivity index (χ3n) is 10.2. The fourth-order valence-electron chi connectivity index (χ4n) is 7.81. The summed E-state index contributed by atoms with van der Waals surface area (Å²) < 4.78 is 35.8. The van der Waals surface area contributed by atoms with E-state index in [-0.39, 0.29) is 40.3 Å². The molecule has 2 aliphatic heterocycles. The molecule has 51 heavy (non-hydrogen) atoms. The number of nitrogens with zero attached hydrogens (tertiary/aromatic N) is 6. The smallest absolute Gasteiger partial charge is 0.257 e. The fraction of sp³-hybridized carbons (Fsp3) is 0.263. The number of anilines is 1. The Morgan fingerprint density at radius 3 is 2.73 bits per heavy atom. The lowest BCUT2D eigenvalue weighted by atomic mass is 9.93. The molecule has 0 radical (unpaired) electrons. The summed E-state index contributed by atoms with van der Waals surface area (Å²) in [5.74, 6) is 0.350.